The molecule has 4 heteroatoms. The Morgan fingerprint density at radius 1 is 1.39 bits per heavy atom. The summed E-state index contributed by atoms with van der Waals surface area (Å²) < 4.78 is 5.81. The summed E-state index contributed by atoms with van der Waals surface area (Å²) in [5, 5.41) is 2.83. The van der Waals surface area contributed by atoms with Crippen LogP contribution in [0.2, 0.25) is 0 Å². The Bertz CT molecular complexity index is 375. The van der Waals surface area contributed by atoms with Crippen molar-refractivity contribution in [2.24, 2.45) is 5.73 Å². The smallest absolute Gasteiger partial charge is 0.221 e. The fourth-order valence-corrected chi connectivity index (χ4v) is 1.52. The molecule has 1 atom stereocenters. The molecule has 1 aromatic rings. The first-order valence-electron chi connectivity index (χ1n) is 6.15. The molecule has 1 rings (SSSR count). The second-order valence-electron chi connectivity index (χ2n) is 5.13. The van der Waals surface area contributed by atoms with Gasteiger partial charge in [0, 0.05) is 12.5 Å². The van der Waals surface area contributed by atoms with Crippen molar-refractivity contribution in [2.45, 2.75) is 38.8 Å². The van der Waals surface area contributed by atoms with Gasteiger partial charge in [-0.05, 0) is 32.9 Å². The van der Waals surface area contributed by atoms with Gasteiger partial charge < -0.3 is 15.8 Å². The predicted octanol–water partition coefficient (Wildman–Crippen LogP) is 1.70. The maximum absolute atomic E-state index is 11.5. The van der Waals surface area contributed by atoms with Crippen LogP contribution in [0.25, 0.3) is 0 Å². The number of carbonyl (C=O) groups is 1. The van der Waals surface area contributed by atoms with Gasteiger partial charge in [-0.25, -0.2) is 0 Å². The van der Waals surface area contributed by atoms with Gasteiger partial charge in [-0.2, -0.15) is 0 Å². The molecule has 1 aromatic carbocycles. The lowest BCUT2D eigenvalue weighted by Gasteiger charge is -2.27. The SMILES string of the molecule is CC(N)CC(=O)NCC(C)(C)Oc1ccccc1. The average molecular weight is 250 g/mol. The van der Waals surface area contributed by atoms with Crippen LogP contribution in [0.1, 0.15) is 27.2 Å². The summed E-state index contributed by atoms with van der Waals surface area (Å²) >= 11 is 0. The van der Waals surface area contributed by atoms with Gasteiger partial charge >= 0.3 is 0 Å². The molecule has 0 saturated carbocycles. The van der Waals surface area contributed by atoms with E-state index < -0.39 is 5.60 Å². The van der Waals surface area contributed by atoms with Crippen LogP contribution < -0.4 is 15.8 Å². The average Bonchev–Trinajstić information content (AvgIpc) is 2.26. The van der Waals surface area contributed by atoms with Crippen molar-refractivity contribution >= 4 is 5.91 Å². The minimum absolute atomic E-state index is 0.0465. The first-order chi connectivity index (χ1) is 8.39. The fraction of sp³-hybridized carbons (Fsp3) is 0.500. The Morgan fingerprint density at radius 3 is 2.56 bits per heavy atom. The topological polar surface area (TPSA) is 64.4 Å². The first-order valence-corrected chi connectivity index (χ1v) is 6.15. The number of amides is 1. The molecule has 0 radical (unpaired) electrons. The van der Waals surface area contributed by atoms with Gasteiger partial charge in [-0.3, -0.25) is 4.79 Å². The molecule has 0 fully saturated rings. The molecular weight excluding hydrogens is 228 g/mol. The highest BCUT2D eigenvalue weighted by Crippen LogP contribution is 2.16. The fourth-order valence-electron chi connectivity index (χ4n) is 1.52. The van der Waals surface area contributed by atoms with Gasteiger partial charge in [0.2, 0.25) is 5.91 Å². The molecule has 0 aliphatic heterocycles. The zero-order valence-electron chi connectivity index (χ0n) is 11.3. The highest BCUT2D eigenvalue weighted by molar-refractivity contribution is 5.76. The number of hydrogen-bond acceptors (Lipinski definition) is 3. The maximum atomic E-state index is 11.5. The Kier molecular flexibility index (Phi) is 5.16. The molecule has 18 heavy (non-hydrogen) atoms. The van der Waals surface area contributed by atoms with Crippen molar-refractivity contribution in [1.82, 2.24) is 5.32 Å². The standard InChI is InChI=1S/C14H22N2O2/c1-11(15)9-13(17)16-10-14(2,3)18-12-7-5-4-6-8-12/h4-8,11H,9-10,15H2,1-3H3,(H,16,17). The molecule has 0 spiro atoms. The van der Waals surface area contributed by atoms with Crippen molar-refractivity contribution in [2.75, 3.05) is 6.54 Å². The van der Waals surface area contributed by atoms with Gasteiger partial charge in [0.1, 0.15) is 11.4 Å². The number of rotatable bonds is 6. The molecule has 0 bridgehead atoms. The Hall–Kier alpha value is -1.55. The van der Waals surface area contributed by atoms with Crippen LogP contribution in [0.4, 0.5) is 0 Å². The summed E-state index contributed by atoms with van der Waals surface area (Å²) in [7, 11) is 0. The number of carbonyl (C=O) groups excluding carboxylic acids is 1. The van der Waals surface area contributed by atoms with Crippen LogP contribution in [-0.4, -0.2) is 24.1 Å². The Balaban J connectivity index is 2.42. The lowest BCUT2D eigenvalue weighted by atomic mass is 10.1. The molecule has 0 aliphatic rings. The van der Waals surface area contributed by atoms with Crippen molar-refractivity contribution in [1.29, 1.82) is 0 Å². The van der Waals surface area contributed by atoms with Crippen LogP contribution >= 0.6 is 0 Å². The van der Waals surface area contributed by atoms with E-state index >= 15 is 0 Å². The number of nitrogens with one attached hydrogen (secondary N) is 1. The summed E-state index contributed by atoms with van der Waals surface area (Å²) in [5.41, 5.74) is 5.11. The van der Waals surface area contributed by atoms with Crippen LogP contribution in [0.15, 0.2) is 30.3 Å². The number of hydrogen-bond donors (Lipinski definition) is 2. The minimum atomic E-state index is -0.450. The lowest BCUT2D eigenvalue weighted by Crippen LogP contribution is -2.43. The summed E-state index contributed by atoms with van der Waals surface area (Å²) in [6, 6.07) is 9.43. The van der Waals surface area contributed by atoms with Crippen LogP contribution in [-0.2, 0) is 4.79 Å². The van der Waals surface area contributed by atoms with E-state index in [4.69, 9.17) is 10.5 Å². The molecular formula is C14H22N2O2. The third-order valence-corrected chi connectivity index (χ3v) is 2.36. The van der Waals surface area contributed by atoms with Gasteiger partial charge in [-0.15, -0.1) is 0 Å². The molecule has 0 aromatic heterocycles. The van der Waals surface area contributed by atoms with Crippen molar-refractivity contribution in [3.63, 3.8) is 0 Å². The highest BCUT2D eigenvalue weighted by Gasteiger charge is 2.20. The number of benzene rings is 1. The van der Waals surface area contributed by atoms with Gasteiger partial charge in [0.25, 0.3) is 0 Å². The second-order valence-corrected chi connectivity index (χ2v) is 5.13. The maximum Gasteiger partial charge on any atom is 0.221 e. The zero-order chi connectivity index (χ0) is 13.6. The number of para-hydroxylation sites is 1. The highest BCUT2D eigenvalue weighted by atomic mass is 16.5. The summed E-state index contributed by atoms with van der Waals surface area (Å²) in [4.78, 5) is 11.5. The molecule has 0 heterocycles. The third kappa shape index (κ3) is 5.68. The molecule has 3 N–H and O–H groups in total. The quantitative estimate of drug-likeness (QED) is 0.807. The van der Waals surface area contributed by atoms with E-state index in [1.54, 1.807) is 0 Å². The van der Waals surface area contributed by atoms with Crippen molar-refractivity contribution in [3.8, 4) is 5.75 Å². The van der Waals surface area contributed by atoms with E-state index in [2.05, 4.69) is 5.32 Å². The molecule has 1 amide bonds. The van der Waals surface area contributed by atoms with E-state index in [1.807, 2.05) is 51.1 Å². The molecule has 0 saturated heterocycles. The second kappa shape index (κ2) is 6.40. The van der Waals surface area contributed by atoms with Gasteiger partial charge in [-0.1, -0.05) is 18.2 Å². The first kappa shape index (κ1) is 14.5. The van der Waals surface area contributed by atoms with Crippen molar-refractivity contribution < 1.29 is 9.53 Å². The summed E-state index contributed by atoms with van der Waals surface area (Å²) in [6.45, 7) is 6.14. The zero-order valence-corrected chi connectivity index (χ0v) is 11.3. The molecule has 0 aliphatic carbocycles. The van der Waals surface area contributed by atoms with Gasteiger partial charge in [0.05, 0.1) is 6.54 Å². The van der Waals surface area contributed by atoms with Crippen LogP contribution in [0.3, 0.4) is 0 Å². The molecule has 100 valence electrons. The van der Waals surface area contributed by atoms with Crippen molar-refractivity contribution in [3.05, 3.63) is 30.3 Å². The number of ether oxygens (including phenoxy) is 1. The summed E-state index contributed by atoms with van der Waals surface area (Å²) in [6.07, 6.45) is 0.335. The third-order valence-electron chi connectivity index (χ3n) is 2.36. The van der Waals surface area contributed by atoms with Gasteiger partial charge in [0.15, 0.2) is 0 Å². The minimum Gasteiger partial charge on any atom is -0.486 e. The van der Waals surface area contributed by atoms with Crippen LogP contribution in [0, 0.1) is 0 Å². The lowest BCUT2D eigenvalue weighted by molar-refractivity contribution is -0.122. The van der Waals surface area contributed by atoms with E-state index in [1.165, 1.54) is 0 Å². The van der Waals surface area contributed by atoms with E-state index in [9.17, 15) is 4.79 Å². The number of nitrogens with two attached hydrogens (primary N) is 1. The predicted molar refractivity (Wildman–Crippen MR) is 72.4 cm³/mol. The molecule has 4 nitrogen and oxygen atoms in total. The van der Waals surface area contributed by atoms with E-state index in [0.717, 1.165) is 5.75 Å². The molecule has 1 unspecified atom stereocenters. The van der Waals surface area contributed by atoms with E-state index in [0.29, 0.717) is 13.0 Å². The van der Waals surface area contributed by atoms with E-state index in [-0.39, 0.29) is 11.9 Å². The van der Waals surface area contributed by atoms with Crippen LogP contribution in [0.5, 0.6) is 5.75 Å². The summed E-state index contributed by atoms with van der Waals surface area (Å²) in [5.74, 6) is 0.749. The monoisotopic (exact) mass is 250 g/mol. The Labute approximate surface area is 109 Å². The Morgan fingerprint density at radius 2 is 2.00 bits per heavy atom. The normalized spacial score (nSPS) is 12.9. The largest absolute Gasteiger partial charge is 0.486 e.